The molecule has 134 valence electrons. The average Bonchev–Trinajstić information content (AvgIpc) is 3.31. The minimum atomic E-state index is -1.41. The smallest absolute Gasteiger partial charge is 0.231 e. The number of hydrogen-bond donors (Lipinski definition) is 1. The van der Waals surface area contributed by atoms with Crippen molar-refractivity contribution in [3.05, 3.63) is 47.0 Å². The molecule has 0 spiro atoms. The molecule has 5 rings (SSSR count). The number of Topliss-reactive ketones (excluding diaryl/α,β-unsaturated/α-hetero) is 1. The Morgan fingerprint density at radius 3 is 2.50 bits per heavy atom. The number of benzene rings is 2. The Kier molecular flexibility index (Phi) is 3.07. The van der Waals surface area contributed by atoms with Crippen LogP contribution in [0.5, 0.6) is 23.0 Å². The molecule has 0 radical (unpaired) electrons. The number of fused-ring (bicyclic) bond motifs is 4. The van der Waals surface area contributed by atoms with Gasteiger partial charge in [-0.1, -0.05) is 19.9 Å². The van der Waals surface area contributed by atoms with Crippen molar-refractivity contribution in [1.82, 2.24) is 0 Å². The summed E-state index contributed by atoms with van der Waals surface area (Å²) in [5, 5.41) is 12.0. The topological polar surface area (TPSA) is 74.2 Å². The number of aliphatic hydroxyl groups is 1. The third kappa shape index (κ3) is 1.82. The lowest BCUT2D eigenvalue weighted by Crippen LogP contribution is -2.46. The Labute approximate surface area is 150 Å². The lowest BCUT2D eigenvalue weighted by molar-refractivity contribution is -0.00718. The number of hydrogen-bond acceptors (Lipinski definition) is 6. The van der Waals surface area contributed by atoms with Crippen molar-refractivity contribution >= 4 is 5.78 Å². The average molecular weight is 354 g/mol. The molecule has 2 aliphatic heterocycles. The molecule has 2 aromatic carbocycles. The van der Waals surface area contributed by atoms with Gasteiger partial charge in [-0.2, -0.15) is 0 Å². The van der Waals surface area contributed by atoms with Crippen LogP contribution in [0.15, 0.2) is 30.3 Å². The molecule has 26 heavy (non-hydrogen) atoms. The first-order valence-electron chi connectivity index (χ1n) is 8.61. The zero-order chi connectivity index (χ0) is 18.1. The second-order valence-electron chi connectivity index (χ2n) is 7.00. The van der Waals surface area contributed by atoms with Gasteiger partial charge in [-0.25, -0.2) is 0 Å². The van der Waals surface area contributed by atoms with E-state index >= 15 is 0 Å². The van der Waals surface area contributed by atoms with E-state index in [0.717, 1.165) is 0 Å². The lowest BCUT2D eigenvalue weighted by atomic mass is 9.63. The summed E-state index contributed by atoms with van der Waals surface area (Å²) in [5.41, 5.74) is 0.170. The fraction of sp³-hybridized carbons (Fsp3) is 0.350. The normalized spacial score (nSPS) is 28.2. The van der Waals surface area contributed by atoms with E-state index in [1.54, 1.807) is 24.3 Å². The van der Waals surface area contributed by atoms with Gasteiger partial charge in [0.05, 0.1) is 0 Å². The van der Waals surface area contributed by atoms with Crippen LogP contribution in [-0.4, -0.2) is 24.5 Å². The van der Waals surface area contributed by atoms with E-state index in [4.69, 9.17) is 18.9 Å². The van der Waals surface area contributed by atoms with E-state index in [0.29, 0.717) is 39.7 Å². The highest BCUT2D eigenvalue weighted by molar-refractivity contribution is 6.02. The van der Waals surface area contributed by atoms with Crippen molar-refractivity contribution in [1.29, 1.82) is 0 Å². The van der Waals surface area contributed by atoms with Crippen LogP contribution in [-0.2, 0) is 5.60 Å². The third-order valence-electron chi connectivity index (χ3n) is 5.82. The number of ketones is 1. The molecular weight excluding hydrogens is 336 g/mol. The zero-order valence-electron chi connectivity index (χ0n) is 14.4. The molecular formula is C20H18O6. The largest absolute Gasteiger partial charge is 0.454 e. The van der Waals surface area contributed by atoms with Crippen LogP contribution in [0.25, 0.3) is 0 Å². The van der Waals surface area contributed by atoms with Crippen molar-refractivity contribution in [2.45, 2.75) is 19.4 Å². The van der Waals surface area contributed by atoms with E-state index in [2.05, 4.69) is 0 Å². The molecule has 6 heteroatoms. The summed E-state index contributed by atoms with van der Waals surface area (Å²) in [6.07, 6.45) is 0. The van der Waals surface area contributed by atoms with Crippen molar-refractivity contribution in [3.63, 3.8) is 0 Å². The fourth-order valence-corrected chi connectivity index (χ4v) is 4.16. The molecule has 0 saturated carbocycles. The standard InChI is InChI=1S/C20H18O6/c1-10-11(2)20(22,12-3-5-14-16(7-12)25-8-23-14)17-13(18(10)21)4-6-15-19(17)26-9-24-15/h3-7,10-11,22H,8-9H2,1-2H3. The van der Waals surface area contributed by atoms with Crippen LogP contribution in [0.4, 0.5) is 0 Å². The van der Waals surface area contributed by atoms with Gasteiger partial charge in [-0.3, -0.25) is 4.79 Å². The molecule has 0 fully saturated rings. The Morgan fingerprint density at radius 1 is 0.962 bits per heavy atom. The zero-order valence-corrected chi connectivity index (χ0v) is 14.4. The van der Waals surface area contributed by atoms with Crippen LogP contribution in [0, 0.1) is 11.8 Å². The monoisotopic (exact) mass is 354 g/mol. The quantitative estimate of drug-likeness (QED) is 0.849. The van der Waals surface area contributed by atoms with Crippen LogP contribution in [0.1, 0.15) is 35.3 Å². The summed E-state index contributed by atoms with van der Waals surface area (Å²) < 4.78 is 22.0. The molecule has 1 N–H and O–H groups in total. The van der Waals surface area contributed by atoms with Gasteiger partial charge in [-0.05, 0) is 29.8 Å². The van der Waals surface area contributed by atoms with E-state index in [1.165, 1.54) is 0 Å². The molecule has 0 saturated heterocycles. The first-order chi connectivity index (χ1) is 12.5. The molecule has 3 atom stereocenters. The molecule has 0 bridgehead atoms. The first kappa shape index (κ1) is 15.5. The Bertz CT molecular complexity index is 936. The van der Waals surface area contributed by atoms with Gasteiger partial charge >= 0.3 is 0 Å². The van der Waals surface area contributed by atoms with E-state index in [-0.39, 0.29) is 31.2 Å². The predicted molar refractivity (Wildman–Crippen MR) is 90.8 cm³/mol. The highest BCUT2D eigenvalue weighted by Gasteiger charge is 2.52. The molecule has 2 heterocycles. The van der Waals surface area contributed by atoms with Crippen molar-refractivity contribution in [2.24, 2.45) is 11.8 Å². The maximum atomic E-state index is 12.9. The predicted octanol–water partition coefficient (Wildman–Crippen LogP) is 2.85. The summed E-state index contributed by atoms with van der Waals surface area (Å²) in [5.74, 6) is 1.49. The number of rotatable bonds is 1. The van der Waals surface area contributed by atoms with Gasteiger partial charge < -0.3 is 24.1 Å². The number of carbonyl (C=O) groups is 1. The molecule has 3 unspecified atom stereocenters. The van der Waals surface area contributed by atoms with E-state index < -0.39 is 5.60 Å². The Morgan fingerprint density at radius 2 is 1.65 bits per heavy atom. The van der Waals surface area contributed by atoms with E-state index in [9.17, 15) is 9.90 Å². The van der Waals surface area contributed by atoms with Crippen molar-refractivity contribution in [2.75, 3.05) is 13.6 Å². The van der Waals surface area contributed by atoms with Crippen LogP contribution >= 0.6 is 0 Å². The summed E-state index contributed by atoms with van der Waals surface area (Å²) in [6, 6.07) is 8.81. The molecule has 2 aromatic rings. The summed E-state index contributed by atoms with van der Waals surface area (Å²) >= 11 is 0. The molecule has 3 aliphatic rings. The van der Waals surface area contributed by atoms with Gasteiger partial charge in [0.15, 0.2) is 28.8 Å². The van der Waals surface area contributed by atoms with Gasteiger partial charge in [-0.15, -0.1) is 0 Å². The summed E-state index contributed by atoms with van der Waals surface area (Å²) in [6.45, 7) is 3.95. The highest BCUT2D eigenvalue weighted by atomic mass is 16.7. The first-order valence-corrected chi connectivity index (χ1v) is 8.61. The number of carbonyl (C=O) groups excluding carboxylic acids is 1. The minimum absolute atomic E-state index is 0.00350. The molecule has 1 aliphatic carbocycles. The second kappa shape index (κ2) is 5.14. The Hall–Kier alpha value is -2.73. The van der Waals surface area contributed by atoms with Gasteiger partial charge in [0.25, 0.3) is 0 Å². The minimum Gasteiger partial charge on any atom is -0.454 e. The molecule has 6 nitrogen and oxygen atoms in total. The van der Waals surface area contributed by atoms with Crippen molar-refractivity contribution < 1.29 is 28.8 Å². The van der Waals surface area contributed by atoms with Gasteiger partial charge in [0.1, 0.15) is 5.60 Å². The summed E-state index contributed by atoms with van der Waals surface area (Å²) in [7, 11) is 0. The third-order valence-corrected chi connectivity index (χ3v) is 5.82. The maximum absolute atomic E-state index is 12.9. The second-order valence-corrected chi connectivity index (χ2v) is 7.00. The number of ether oxygens (including phenoxy) is 4. The van der Waals surface area contributed by atoms with Crippen LogP contribution in [0.2, 0.25) is 0 Å². The lowest BCUT2D eigenvalue weighted by Gasteiger charge is -2.43. The highest BCUT2D eigenvalue weighted by Crippen LogP contribution is 2.54. The van der Waals surface area contributed by atoms with Crippen LogP contribution in [0.3, 0.4) is 0 Å². The van der Waals surface area contributed by atoms with Crippen LogP contribution < -0.4 is 18.9 Å². The molecule has 0 amide bonds. The van der Waals surface area contributed by atoms with Gasteiger partial charge in [0, 0.05) is 23.0 Å². The molecule has 0 aromatic heterocycles. The maximum Gasteiger partial charge on any atom is 0.231 e. The SMILES string of the molecule is CC1C(=O)c2ccc3c(c2C(O)(c2ccc4c(c2)OCO4)C1C)OCO3. The van der Waals surface area contributed by atoms with Crippen molar-refractivity contribution in [3.8, 4) is 23.0 Å². The summed E-state index contributed by atoms with van der Waals surface area (Å²) in [4.78, 5) is 12.9. The fourth-order valence-electron chi connectivity index (χ4n) is 4.16. The van der Waals surface area contributed by atoms with Gasteiger partial charge in [0.2, 0.25) is 13.6 Å². The van der Waals surface area contributed by atoms with E-state index in [1.807, 2.05) is 19.9 Å². The Balaban J connectivity index is 1.80.